The number of nitro groups is 1. The molecule has 0 atom stereocenters. The van der Waals surface area contributed by atoms with E-state index in [1.54, 1.807) is 24.3 Å². The summed E-state index contributed by atoms with van der Waals surface area (Å²) in [6.07, 6.45) is 3.78. The first kappa shape index (κ1) is 20.0. The number of rotatable bonds is 6. The van der Waals surface area contributed by atoms with Crippen LogP contribution in [0.25, 0.3) is 28.6 Å². The summed E-state index contributed by atoms with van der Waals surface area (Å²) in [4.78, 5) is 27.2. The molecule has 154 valence electrons. The van der Waals surface area contributed by atoms with Crippen molar-refractivity contribution in [2.75, 3.05) is 5.32 Å². The van der Waals surface area contributed by atoms with Gasteiger partial charge in [-0.3, -0.25) is 14.9 Å². The second kappa shape index (κ2) is 8.62. The molecule has 7 heteroatoms. The van der Waals surface area contributed by atoms with Crippen LogP contribution < -0.4 is 5.32 Å². The molecular weight excluding hydrogens is 394 g/mol. The highest BCUT2D eigenvalue weighted by Gasteiger charge is 2.10. The van der Waals surface area contributed by atoms with Crippen molar-refractivity contribution < 1.29 is 14.1 Å². The summed E-state index contributed by atoms with van der Waals surface area (Å²) in [6, 6.07) is 19.2. The molecule has 4 rings (SSSR count). The number of hydrogen-bond acceptors (Lipinski definition) is 5. The average Bonchev–Trinajstić information content (AvgIpc) is 3.21. The first-order chi connectivity index (χ1) is 15.0. The summed E-state index contributed by atoms with van der Waals surface area (Å²) >= 11 is 0. The predicted octanol–water partition coefficient (Wildman–Crippen LogP) is 5.62. The maximum absolute atomic E-state index is 12.3. The average molecular weight is 413 g/mol. The fraction of sp³-hybridized carbons (Fsp3) is 0.0833. The highest BCUT2D eigenvalue weighted by molar-refractivity contribution is 6.02. The van der Waals surface area contributed by atoms with Crippen LogP contribution in [0.3, 0.4) is 0 Å². The lowest BCUT2D eigenvalue weighted by Gasteiger charge is -2.03. The van der Waals surface area contributed by atoms with Crippen molar-refractivity contribution in [2.24, 2.45) is 0 Å². The minimum absolute atomic E-state index is 0.0281. The molecule has 0 aliphatic rings. The van der Waals surface area contributed by atoms with Crippen molar-refractivity contribution in [1.82, 2.24) is 4.98 Å². The van der Waals surface area contributed by atoms with Gasteiger partial charge in [-0.1, -0.05) is 31.2 Å². The van der Waals surface area contributed by atoms with Gasteiger partial charge in [0, 0.05) is 29.5 Å². The van der Waals surface area contributed by atoms with E-state index in [1.165, 1.54) is 29.8 Å². The third-order valence-electron chi connectivity index (χ3n) is 4.75. The first-order valence-electron chi connectivity index (χ1n) is 9.75. The monoisotopic (exact) mass is 413 g/mol. The number of carbonyl (C=O) groups excluding carboxylic acids is 1. The lowest BCUT2D eigenvalue weighted by atomic mass is 10.1. The van der Waals surface area contributed by atoms with Gasteiger partial charge in [-0.15, -0.1) is 0 Å². The summed E-state index contributed by atoms with van der Waals surface area (Å²) in [5, 5.41) is 13.6. The second-order valence-electron chi connectivity index (χ2n) is 6.93. The Balaban J connectivity index is 1.50. The summed E-state index contributed by atoms with van der Waals surface area (Å²) in [6.45, 7) is 2.09. The second-order valence-corrected chi connectivity index (χ2v) is 6.93. The number of anilines is 1. The van der Waals surface area contributed by atoms with E-state index in [0.29, 0.717) is 22.7 Å². The van der Waals surface area contributed by atoms with Gasteiger partial charge in [0.05, 0.1) is 4.92 Å². The Hall–Kier alpha value is -4.26. The molecule has 3 aromatic carbocycles. The molecular formula is C24H19N3O4. The van der Waals surface area contributed by atoms with Crippen LogP contribution in [0.4, 0.5) is 11.4 Å². The van der Waals surface area contributed by atoms with Gasteiger partial charge in [0.1, 0.15) is 5.52 Å². The Morgan fingerprint density at radius 1 is 1.13 bits per heavy atom. The topological polar surface area (TPSA) is 98.3 Å². The van der Waals surface area contributed by atoms with E-state index >= 15 is 0 Å². The van der Waals surface area contributed by atoms with E-state index in [9.17, 15) is 14.9 Å². The van der Waals surface area contributed by atoms with Crippen LogP contribution in [0.1, 0.15) is 18.1 Å². The van der Waals surface area contributed by atoms with E-state index in [1.807, 2.05) is 30.3 Å². The molecule has 31 heavy (non-hydrogen) atoms. The number of nitrogens with one attached hydrogen (secondary N) is 1. The summed E-state index contributed by atoms with van der Waals surface area (Å²) < 4.78 is 5.86. The number of oxazole rings is 1. The van der Waals surface area contributed by atoms with Gasteiger partial charge in [-0.25, -0.2) is 4.98 Å². The molecule has 1 N–H and O–H groups in total. The standard InChI is InChI=1S/C24H19N3O4/c1-2-16-9-11-22-21(14-16)26-24(31-22)18-6-4-7-19(15-18)25-23(28)12-10-17-5-3-8-20(13-17)27(29)30/h3-15H,2H2,1H3,(H,25,28). The SMILES string of the molecule is CCc1ccc2oc(-c3cccc(NC(=O)C=Cc4cccc([N+](=O)[O-])c4)c3)nc2c1. The minimum Gasteiger partial charge on any atom is -0.436 e. The zero-order valence-corrected chi connectivity index (χ0v) is 16.7. The number of carbonyl (C=O) groups is 1. The molecule has 0 radical (unpaired) electrons. The number of non-ortho nitro benzene ring substituents is 1. The fourth-order valence-electron chi connectivity index (χ4n) is 3.14. The molecule has 0 aliphatic carbocycles. The van der Waals surface area contributed by atoms with Crippen molar-refractivity contribution in [2.45, 2.75) is 13.3 Å². The molecule has 0 unspecified atom stereocenters. The molecule has 0 aliphatic heterocycles. The third-order valence-corrected chi connectivity index (χ3v) is 4.75. The Kier molecular flexibility index (Phi) is 5.57. The molecule has 0 bridgehead atoms. The Morgan fingerprint density at radius 2 is 1.97 bits per heavy atom. The lowest BCUT2D eigenvalue weighted by molar-refractivity contribution is -0.384. The molecule has 7 nitrogen and oxygen atoms in total. The van der Waals surface area contributed by atoms with E-state index < -0.39 is 4.92 Å². The molecule has 1 aromatic heterocycles. The van der Waals surface area contributed by atoms with Crippen molar-refractivity contribution >= 4 is 34.5 Å². The normalized spacial score (nSPS) is 11.1. The Morgan fingerprint density at radius 3 is 2.77 bits per heavy atom. The summed E-state index contributed by atoms with van der Waals surface area (Å²) in [5.74, 6) is 0.125. The molecule has 4 aromatic rings. The van der Waals surface area contributed by atoms with E-state index in [-0.39, 0.29) is 11.6 Å². The van der Waals surface area contributed by atoms with Crippen molar-refractivity contribution in [3.8, 4) is 11.5 Å². The number of benzene rings is 3. The van der Waals surface area contributed by atoms with Gasteiger partial charge in [0.25, 0.3) is 5.69 Å². The van der Waals surface area contributed by atoms with Crippen molar-refractivity contribution in [1.29, 1.82) is 0 Å². The zero-order chi connectivity index (χ0) is 21.8. The fourth-order valence-corrected chi connectivity index (χ4v) is 3.14. The van der Waals surface area contributed by atoms with Gasteiger partial charge < -0.3 is 9.73 Å². The van der Waals surface area contributed by atoms with Gasteiger partial charge in [-0.2, -0.15) is 0 Å². The van der Waals surface area contributed by atoms with Gasteiger partial charge in [0.15, 0.2) is 5.58 Å². The minimum atomic E-state index is -0.474. The number of aromatic nitrogens is 1. The van der Waals surface area contributed by atoms with Gasteiger partial charge in [-0.05, 0) is 54.0 Å². The number of hydrogen-bond donors (Lipinski definition) is 1. The van der Waals surface area contributed by atoms with Crippen LogP contribution in [-0.2, 0) is 11.2 Å². The zero-order valence-electron chi connectivity index (χ0n) is 16.7. The maximum atomic E-state index is 12.3. The Labute approximate surface area is 178 Å². The first-order valence-corrected chi connectivity index (χ1v) is 9.75. The maximum Gasteiger partial charge on any atom is 0.270 e. The van der Waals surface area contributed by atoms with Crippen LogP contribution in [0, 0.1) is 10.1 Å². The van der Waals surface area contributed by atoms with Gasteiger partial charge >= 0.3 is 0 Å². The summed E-state index contributed by atoms with van der Waals surface area (Å²) in [5.41, 5.74) is 4.56. The smallest absolute Gasteiger partial charge is 0.270 e. The van der Waals surface area contributed by atoms with E-state index in [4.69, 9.17) is 4.42 Å². The third kappa shape index (κ3) is 4.67. The lowest BCUT2D eigenvalue weighted by Crippen LogP contribution is -2.07. The number of amides is 1. The van der Waals surface area contributed by atoms with Gasteiger partial charge in [0.2, 0.25) is 11.8 Å². The predicted molar refractivity (Wildman–Crippen MR) is 120 cm³/mol. The number of aryl methyl sites for hydroxylation is 1. The van der Waals surface area contributed by atoms with Crippen LogP contribution in [0.2, 0.25) is 0 Å². The molecule has 1 heterocycles. The van der Waals surface area contributed by atoms with E-state index in [2.05, 4.69) is 17.2 Å². The van der Waals surface area contributed by atoms with Crippen LogP contribution >= 0.6 is 0 Å². The van der Waals surface area contributed by atoms with Crippen LogP contribution in [0.5, 0.6) is 0 Å². The molecule has 0 spiro atoms. The Bertz CT molecular complexity index is 1310. The quantitative estimate of drug-likeness (QED) is 0.251. The molecule has 0 saturated carbocycles. The summed E-state index contributed by atoms with van der Waals surface area (Å²) in [7, 11) is 0. The van der Waals surface area contributed by atoms with Crippen molar-refractivity contribution in [3.05, 3.63) is 94.0 Å². The molecule has 1 amide bonds. The van der Waals surface area contributed by atoms with Crippen LogP contribution in [0.15, 0.2) is 77.2 Å². The van der Waals surface area contributed by atoms with Crippen LogP contribution in [-0.4, -0.2) is 15.8 Å². The van der Waals surface area contributed by atoms with Crippen molar-refractivity contribution in [3.63, 3.8) is 0 Å². The number of nitro benzene ring substituents is 1. The van der Waals surface area contributed by atoms with E-state index in [0.717, 1.165) is 17.5 Å². The largest absolute Gasteiger partial charge is 0.436 e. The number of nitrogens with zero attached hydrogens (tertiary/aromatic N) is 2. The molecule has 0 fully saturated rings. The highest BCUT2D eigenvalue weighted by Crippen LogP contribution is 2.27. The number of fused-ring (bicyclic) bond motifs is 1. The highest BCUT2D eigenvalue weighted by atomic mass is 16.6. The molecule has 0 saturated heterocycles.